The summed E-state index contributed by atoms with van der Waals surface area (Å²) in [6.45, 7) is 4.31. The van der Waals surface area contributed by atoms with Gasteiger partial charge in [-0.15, -0.1) is 5.73 Å². The highest BCUT2D eigenvalue weighted by molar-refractivity contribution is 5.79. The third kappa shape index (κ3) is 9.79. The van der Waals surface area contributed by atoms with E-state index in [4.69, 9.17) is 14.2 Å². The molecule has 3 rings (SSSR count). The van der Waals surface area contributed by atoms with Crippen molar-refractivity contribution in [2.45, 2.75) is 89.8 Å². The van der Waals surface area contributed by atoms with Crippen molar-refractivity contribution >= 4 is 5.57 Å². The van der Waals surface area contributed by atoms with Gasteiger partial charge in [0.2, 0.25) is 6.29 Å². The van der Waals surface area contributed by atoms with Crippen molar-refractivity contribution in [3.63, 3.8) is 0 Å². The largest absolute Gasteiger partial charge is 0.472 e. The Morgan fingerprint density at radius 2 is 1.49 bits per heavy atom. The standard InChI is InChI=1S/C34H46O5/c1-3-5-6-7-8-9-10-17-25-37-33-30(34(38-24-4-2)39-31(26-35)32(33)36)23-22-29(27-18-13-11-14-19-27)28-20-15-12-16-21-28/h4,11-16,18-21,23-24,30-36H,3,5-10,17,25-26H2,1-2H3/b24-4-/t30?,31?,32-,33?,34?/m1/s1. The molecule has 0 aliphatic carbocycles. The van der Waals surface area contributed by atoms with Gasteiger partial charge in [0.1, 0.15) is 12.2 Å². The lowest BCUT2D eigenvalue weighted by Gasteiger charge is -2.42. The Hall–Kier alpha value is -2.66. The van der Waals surface area contributed by atoms with Crippen LogP contribution in [0.1, 0.15) is 76.3 Å². The predicted octanol–water partition coefficient (Wildman–Crippen LogP) is 7.04. The molecule has 1 heterocycles. The zero-order valence-electron chi connectivity index (χ0n) is 23.6. The van der Waals surface area contributed by atoms with Gasteiger partial charge in [-0.3, -0.25) is 0 Å². The molecule has 0 saturated carbocycles. The molecule has 5 heteroatoms. The number of ether oxygens (including phenoxy) is 3. The van der Waals surface area contributed by atoms with Crippen LogP contribution in [0.15, 0.2) is 84.8 Å². The van der Waals surface area contributed by atoms with Crippen LogP contribution in [0, 0.1) is 5.92 Å². The smallest absolute Gasteiger partial charge is 0.208 e. The molecular weight excluding hydrogens is 488 g/mol. The van der Waals surface area contributed by atoms with E-state index in [1.54, 1.807) is 12.3 Å². The maximum atomic E-state index is 11.1. The number of allylic oxidation sites excluding steroid dienone is 1. The Labute approximate surface area is 234 Å². The number of hydrogen-bond acceptors (Lipinski definition) is 5. The molecule has 1 aliphatic heterocycles. The topological polar surface area (TPSA) is 68.2 Å². The highest BCUT2D eigenvalue weighted by atomic mass is 16.7. The van der Waals surface area contributed by atoms with Crippen LogP contribution in [0.2, 0.25) is 0 Å². The third-order valence-electron chi connectivity index (χ3n) is 7.10. The minimum absolute atomic E-state index is 0.319. The number of benzene rings is 2. The van der Waals surface area contributed by atoms with Gasteiger partial charge in [-0.2, -0.15) is 0 Å². The predicted molar refractivity (Wildman–Crippen MR) is 157 cm³/mol. The van der Waals surface area contributed by atoms with E-state index in [0.717, 1.165) is 29.5 Å². The molecule has 4 unspecified atom stereocenters. The van der Waals surface area contributed by atoms with Crippen molar-refractivity contribution in [2.24, 2.45) is 5.92 Å². The minimum Gasteiger partial charge on any atom is -0.472 e. The molecule has 1 fully saturated rings. The Kier molecular flexibility index (Phi) is 14.1. The van der Waals surface area contributed by atoms with Crippen LogP contribution in [0.3, 0.4) is 0 Å². The summed E-state index contributed by atoms with van der Waals surface area (Å²) >= 11 is 0. The highest BCUT2D eigenvalue weighted by Crippen LogP contribution is 2.32. The molecule has 212 valence electrons. The molecule has 1 aliphatic rings. The molecule has 0 aromatic heterocycles. The van der Waals surface area contributed by atoms with Crippen molar-refractivity contribution in [1.82, 2.24) is 0 Å². The van der Waals surface area contributed by atoms with Gasteiger partial charge in [-0.1, -0.05) is 119 Å². The Morgan fingerprint density at radius 1 is 0.897 bits per heavy atom. The monoisotopic (exact) mass is 534 g/mol. The van der Waals surface area contributed by atoms with Crippen molar-refractivity contribution < 1.29 is 24.4 Å². The number of rotatable bonds is 16. The zero-order valence-corrected chi connectivity index (χ0v) is 23.6. The van der Waals surface area contributed by atoms with Crippen LogP contribution < -0.4 is 0 Å². The van der Waals surface area contributed by atoms with E-state index in [9.17, 15) is 10.2 Å². The normalized spacial score (nSPS) is 22.9. The summed E-state index contributed by atoms with van der Waals surface area (Å²) in [6.07, 6.45) is 11.8. The molecule has 39 heavy (non-hydrogen) atoms. The van der Waals surface area contributed by atoms with Crippen LogP contribution in [0.25, 0.3) is 5.57 Å². The maximum Gasteiger partial charge on any atom is 0.208 e. The van der Waals surface area contributed by atoms with Gasteiger partial charge < -0.3 is 24.4 Å². The average molecular weight is 535 g/mol. The maximum absolute atomic E-state index is 11.1. The first-order valence-electron chi connectivity index (χ1n) is 14.6. The van der Waals surface area contributed by atoms with Gasteiger partial charge in [0.25, 0.3) is 0 Å². The second-order valence-electron chi connectivity index (χ2n) is 10.1. The zero-order chi connectivity index (χ0) is 27.7. The van der Waals surface area contributed by atoms with Crippen molar-refractivity contribution in [1.29, 1.82) is 0 Å². The number of aliphatic hydroxyl groups excluding tert-OH is 2. The molecular formula is C34H46O5. The van der Waals surface area contributed by atoms with Crippen LogP contribution in [0.5, 0.6) is 0 Å². The number of hydrogen-bond donors (Lipinski definition) is 2. The van der Waals surface area contributed by atoms with Gasteiger partial charge in [0.15, 0.2) is 0 Å². The summed E-state index contributed by atoms with van der Waals surface area (Å²) < 4.78 is 18.2. The number of aliphatic hydroxyl groups is 2. The van der Waals surface area contributed by atoms with E-state index >= 15 is 0 Å². The molecule has 2 N–H and O–H groups in total. The van der Waals surface area contributed by atoms with Crippen molar-refractivity contribution in [3.05, 3.63) is 95.9 Å². The quantitative estimate of drug-likeness (QED) is 0.137. The van der Waals surface area contributed by atoms with Gasteiger partial charge in [-0.05, 0) is 30.5 Å². The fourth-order valence-corrected chi connectivity index (χ4v) is 4.93. The summed E-state index contributed by atoms with van der Waals surface area (Å²) in [6, 6.07) is 20.2. The van der Waals surface area contributed by atoms with Gasteiger partial charge >= 0.3 is 0 Å². The SMILES string of the molecule is C/C=C\OC1OC(CO)[C@@H](O)C(OCCCCCCCCCC)C1C=C=C(c1ccccc1)c1ccccc1. The molecule has 5 nitrogen and oxygen atoms in total. The van der Waals surface area contributed by atoms with Crippen LogP contribution in [-0.4, -0.2) is 48.0 Å². The van der Waals surface area contributed by atoms with E-state index in [1.165, 1.54) is 38.5 Å². The van der Waals surface area contributed by atoms with E-state index < -0.39 is 30.5 Å². The summed E-state index contributed by atoms with van der Waals surface area (Å²) in [7, 11) is 0. The van der Waals surface area contributed by atoms with E-state index in [-0.39, 0.29) is 6.61 Å². The van der Waals surface area contributed by atoms with Crippen LogP contribution >= 0.6 is 0 Å². The number of unbranched alkanes of at least 4 members (excludes halogenated alkanes) is 7. The first-order chi connectivity index (χ1) is 19.2. The molecule has 0 radical (unpaired) electrons. The van der Waals surface area contributed by atoms with E-state index in [2.05, 4.69) is 36.9 Å². The van der Waals surface area contributed by atoms with E-state index in [0.29, 0.717) is 6.61 Å². The third-order valence-corrected chi connectivity index (χ3v) is 7.10. The summed E-state index contributed by atoms with van der Waals surface area (Å²) in [5, 5.41) is 21.0. The van der Waals surface area contributed by atoms with Crippen LogP contribution in [-0.2, 0) is 14.2 Å². The molecule has 1 saturated heterocycles. The Bertz CT molecular complexity index is 971. The van der Waals surface area contributed by atoms with Gasteiger partial charge in [0, 0.05) is 12.2 Å². The Morgan fingerprint density at radius 3 is 2.05 bits per heavy atom. The summed E-state index contributed by atoms with van der Waals surface area (Å²) in [5.74, 6) is -0.435. The lowest BCUT2D eigenvalue weighted by atomic mass is 9.89. The molecule has 0 bridgehead atoms. The second-order valence-corrected chi connectivity index (χ2v) is 10.1. The minimum atomic E-state index is -0.991. The lowest BCUT2D eigenvalue weighted by molar-refractivity contribution is -0.269. The summed E-state index contributed by atoms with van der Waals surface area (Å²) in [4.78, 5) is 0. The molecule has 2 aromatic carbocycles. The molecule has 0 amide bonds. The van der Waals surface area contributed by atoms with Gasteiger partial charge in [-0.25, -0.2) is 0 Å². The van der Waals surface area contributed by atoms with Gasteiger partial charge in [0.05, 0.1) is 24.9 Å². The highest BCUT2D eigenvalue weighted by Gasteiger charge is 2.45. The van der Waals surface area contributed by atoms with Crippen LogP contribution in [0.4, 0.5) is 0 Å². The molecule has 0 spiro atoms. The average Bonchev–Trinajstić information content (AvgIpc) is 2.98. The van der Waals surface area contributed by atoms with Crippen molar-refractivity contribution in [2.75, 3.05) is 13.2 Å². The molecule has 2 aromatic rings. The summed E-state index contributed by atoms with van der Waals surface area (Å²) in [5.41, 5.74) is 6.50. The molecule has 5 atom stereocenters. The fourth-order valence-electron chi connectivity index (χ4n) is 4.93. The van der Waals surface area contributed by atoms with Crippen molar-refractivity contribution in [3.8, 4) is 0 Å². The van der Waals surface area contributed by atoms with E-state index in [1.807, 2.05) is 49.4 Å². The first kappa shape index (κ1) is 30.9. The first-order valence-corrected chi connectivity index (χ1v) is 14.6. The second kappa shape index (κ2) is 17.8. The fraction of sp³-hybridized carbons (Fsp3) is 0.500. The Balaban J connectivity index is 1.83. The lowest BCUT2D eigenvalue weighted by Crippen LogP contribution is -2.56.